The number of benzene rings is 1. The van der Waals surface area contributed by atoms with Gasteiger partial charge in [-0.2, -0.15) is 0 Å². The van der Waals surface area contributed by atoms with Crippen LogP contribution in [0.3, 0.4) is 0 Å². The molecule has 1 atom stereocenters. The van der Waals surface area contributed by atoms with E-state index in [1.54, 1.807) is 4.90 Å². The van der Waals surface area contributed by atoms with Gasteiger partial charge in [0.2, 0.25) is 0 Å². The molecule has 198 valence electrons. The van der Waals surface area contributed by atoms with Crippen molar-refractivity contribution in [1.82, 2.24) is 9.80 Å². The van der Waals surface area contributed by atoms with E-state index in [1.165, 1.54) is 0 Å². The third-order valence-electron chi connectivity index (χ3n) is 6.42. The molecule has 1 aromatic carbocycles. The number of hydrogen-bond acceptors (Lipinski definition) is 7. The molecule has 0 bridgehead atoms. The fourth-order valence-corrected chi connectivity index (χ4v) is 4.62. The van der Waals surface area contributed by atoms with E-state index in [1.807, 2.05) is 40.7 Å². The lowest BCUT2D eigenvalue weighted by atomic mass is 10.0. The molecule has 8 nitrogen and oxygen atoms in total. The number of hydrogen-bond donors (Lipinski definition) is 0. The Hall–Kier alpha value is -2.76. The number of rotatable bonds is 6. The van der Waals surface area contributed by atoms with Crippen molar-refractivity contribution in [3.05, 3.63) is 28.8 Å². The predicted molar refractivity (Wildman–Crippen MR) is 141 cm³/mol. The quantitative estimate of drug-likeness (QED) is 0.437. The van der Waals surface area contributed by atoms with Gasteiger partial charge in [0, 0.05) is 50.0 Å². The summed E-state index contributed by atoms with van der Waals surface area (Å²) in [5, 5.41) is 0. The molecule has 0 radical (unpaired) electrons. The van der Waals surface area contributed by atoms with Crippen LogP contribution in [0.4, 0.5) is 10.5 Å². The maximum absolute atomic E-state index is 12.8. The van der Waals surface area contributed by atoms with Crippen molar-refractivity contribution in [2.24, 2.45) is 0 Å². The van der Waals surface area contributed by atoms with Crippen molar-refractivity contribution in [2.75, 3.05) is 64.0 Å². The van der Waals surface area contributed by atoms with E-state index in [0.717, 1.165) is 56.1 Å². The van der Waals surface area contributed by atoms with Crippen LogP contribution >= 0.6 is 0 Å². The minimum atomic E-state index is -0.529. The molecule has 1 unspecified atom stereocenters. The zero-order chi connectivity index (χ0) is 26.3. The standard InChI is InChI=1S/C28H41N3O5/c1-7-31(23-11-13-30(20-23)27(33)36-28(4,5)6)25-19-22(10-9-12-29-14-16-34-17-15-29)18-24(21(25)3)26(32)35-8-2/h18-19,23H,7-8,11-17,20H2,1-6H3. The Kier molecular flexibility index (Phi) is 9.63. The second-order valence-corrected chi connectivity index (χ2v) is 10.2. The van der Waals surface area contributed by atoms with Crippen LogP contribution in [0.25, 0.3) is 0 Å². The van der Waals surface area contributed by atoms with Gasteiger partial charge in [-0.3, -0.25) is 4.90 Å². The van der Waals surface area contributed by atoms with Crippen LogP contribution in [0.1, 0.15) is 62.5 Å². The summed E-state index contributed by atoms with van der Waals surface area (Å²) in [6.07, 6.45) is 0.543. The van der Waals surface area contributed by atoms with Gasteiger partial charge in [-0.25, -0.2) is 9.59 Å². The lowest BCUT2D eigenvalue weighted by Crippen LogP contribution is -2.41. The van der Waals surface area contributed by atoms with Gasteiger partial charge >= 0.3 is 12.1 Å². The van der Waals surface area contributed by atoms with Gasteiger partial charge in [0.15, 0.2) is 0 Å². The van der Waals surface area contributed by atoms with Gasteiger partial charge < -0.3 is 24.0 Å². The van der Waals surface area contributed by atoms with Gasteiger partial charge in [-0.05, 0) is 65.7 Å². The summed E-state index contributed by atoms with van der Waals surface area (Å²) in [6.45, 7) is 17.6. The summed E-state index contributed by atoms with van der Waals surface area (Å²) in [6, 6.07) is 4.01. The van der Waals surface area contributed by atoms with Crippen LogP contribution in [0.15, 0.2) is 12.1 Å². The minimum absolute atomic E-state index is 0.118. The lowest BCUT2D eigenvalue weighted by molar-refractivity contribution is 0.0292. The molecule has 1 amide bonds. The second kappa shape index (κ2) is 12.5. The molecule has 2 heterocycles. The van der Waals surface area contributed by atoms with E-state index < -0.39 is 5.60 Å². The average molecular weight is 500 g/mol. The zero-order valence-corrected chi connectivity index (χ0v) is 22.7. The summed E-state index contributed by atoms with van der Waals surface area (Å²) in [7, 11) is 0. The van der Waals surface area contributed by atoms with Gasteiger partial charge in [0.05, 0.1) is 31.9 Å². The molecular weight excluding hydrogens is 458 g/mol. The number of anilines is 1. The number of likely N-dealkylation sites (N-methyl/N-ethyl adjacent to an activating group) is 1. The Bertz CT molecular complexity index is 985. The number of ether oxygens (including phenoxy) is 3. The molecule has 36 heavy (non-hydrogen) atoms. The van der Waals surface area contributed by atoms with Crippen LogP contribution in [-0.2, 0) is 14.2 Å². The van der Waals surface area contributed by atoms with Crippen LogP contribution in [0, 0.1) is 18.8 Å². The molecule has 2 aliphatic rings. The Morgan fingerprint density at radius 3 is 2.53 bits per heavy atom. The van der Waals surface area contributed by atoms with Gasteiger partial charge in [-0.1, -0.05) is 11.8 Å². The summed E-state index contributed by atoms with van der Waals surface area (Å²) in [5.41, 5.74) is 2.61. The molecule has 8 heteroatoms. The number of carbonyl (C=O) groups excluding carboxylic acids is 2. The molecule has 0 aliphatic carbocycles. The number of carbonyl (C=O) groups is 2. The Morgan fingerprint density at radius 1 is 1.17 bits per heavy atom. The smallest absolute Gasteiger partial charge is 0.410 e. The third-order valence-corrected chi connectivity index (χ3v) is 6.42. The van der Waals surface area contributed by atoms with Crippen molar-refractivity contribution in [3.8, 4) is 11.8 Å². The molecular formula is C28H41N3O5. The molecule has 0 N–H and O–H groups in total. The van der Waals surface area contributed by atoms with Gasteiger partial charge in [0.25, 0.3) is 0 Å². The SMILES string of the molecule is CCOC(=O)c1cc(C#CCN2CCOCC2)cc(N(CC)C2CCN(C(=O)OC(C)(C)C)C2)c1C. The van der Waals surface area contributed by atoms with Crippen LogP contribution in [0.5, 0.6) is 0 Å². The normalized spacial score (nSPS) is 18.4. The fourth-order valence-electron chi connectivity index (χ4n) is 4.62. The van der Waals surface area contributed by atoms with Crippen molar-refractivity contribution >= 4 is 17.7 Å². The molecule has 0 spiro atoms. The third kappa shape index (κ3) is 7.37. The first-order chi connectivity index (χ1) is 17.1. The molecule has 0 saturated carbocycles. The van der Waals surface area contributed by atoms with Crippen molar-refractivity contribution in [1.29, 1.82) is 0 Å². The highest BCUT2D eigenvalue weighted by molar-refractivity contribution is 5.93. The van der Waals surface area contributed by atoms with Crippen molar-refractivity contribution in [2.45, 2.75) is 59.6 Å². The van der Waals surface area contributed by atoms with Gasteiger partial charge in [-0.15, -0.1) is 0 Å². The zero-order valence-electron chi connectivity index (χ0n) is 22.7. The van der Waals surface area contributed by atoms with Crippen LogP contribution in [0.2, 0.25) is 0 Å². The minimum Gasteiger partial charge on any atom is -0.462 e. The van der Waals surface area contributed by atoms with Crippen molar-refractivity contribution in [3.63, 3.8) is 0 Å². The largest absolute Gasteiger partial charge is 0.462 e. The topological polar surface area (TPSA) is 71.5 Å². The second-order valence-electron chi connectivity index (χ2n) is 10.2. The maximum atomic E-state index is 12.8. The lowest BCUT2D eigenvalue weighted by Gasteiger charge is -2.32. The number of esters is 1. The summed E-state index contributed by atoms with van der Waals surface area (Å²) < 4.78 is 16.3. The molecule has 2 fully saturated rings. The Morgan fingerprint density at radius 2 is 1.89 bits per heavy atom. The summed E-state index contributed by atoms with van der Waals surface area (Å²) in [5.74, 6) is 6.19. The highest BCUT2D eigenvalue weighted by Crippen LogP contribution is 2.30. The van der Waals surface area contributed by atoms with E-state index >= 15 is 0 Å². The fraction of sp³-hybridized carbons (Fsp3) is 0.643. The Labute approximate surface area is 215 Å². The molecule has 2 saturated heterocycles. The van der Waals surface area contributed by atoms with Crippen LogP contribution < -0.4 is 4.90 Å². The monoisotopic (exact) mass is 499 g/mol. The van der Waals surface area contributed by atoms with E-state index in [2.05, 4.69) is 34.6 Å². The van der Waals surface area contributed by atoms with E-state index in [9.17, 15) is 9.59 Å². The summed E-state index contributed by atoms with van der Waals surface area (Å²) in [4.78, 5) is 31.8. The van der Waals surface area contributed by atoms with E-state index in [4.69, 9.17) is 14.2 Å². The first-order valence-electron chi connectivity index (χ1n) is 13.0. The Balaban J connectivity index is 1.86. The highest BCUT2D eigenvalue weighted by atomic mass is 16.6. The summed E-state index contributed by atoms with van der Waals surface area (Å²) >= 11 is 0. The van der Waals surface area contributed by atoms with Crippen molar-refractivity contribution < 1.29 is 23.8 Å². The number of nitrogens with zero attached hydrogens (tertiary/aromatic N) is 3. The molecule has 2 aliphatic heterocycles. The highest BCUT2D eigenvalue weighted by Gasteiger charge is 2.33. The van der Waals surface area contributed by atoms with E-state index in [-0.39, 0.29) is 18.1 Å². The predicted octanol–water partition coefficient (Wildman–Crippen LogP) is 3.69. The average Bonchev–Trinajstić information content (AvgIpc) is 3.31. The molecule has 1 aromatic rings. The first kappa shape index (κ1) is 27.8. The maximum Gasteiger partial charge on any atom is 0.410 e. The number of likely N-dealkylation sites (tertiary alicyclic amines) is 1. The molecule has 0 aromatic heterocycles. The number of amides is 1. The van der Waals surface area contributed by atoms with Crippen LogP contribution in [-0.4, -0.2) is 92.6 Å². The van der Waals surface area contributed by atoms with E-state index in [0.29, 0.717) is 31.8 Å². The number of morpholine rings is 1. The van der Waals surface area contributed by atoms with Gasteiger partial charge in [0.1, 0.15) is 5.60 Å². The molecule has 3 rings (SSSR count). The first-order valence-corrected chi connectivity index (χ1v) is 13.0.